The highest BCUT2D eigenvalue weighted by atomic mass is 35.5. The predicted octanol–water partition coefficient (Wildman–Crippen LogP) is 2.51. The van der Waals surface area contributed by atoms with Gasteiger partial charge in [-0.15, -0.1) is 0 Å². The van der Waals surface area contributed by atoms with E-state index in [1.54, 1.807) is 12.1 Å². The summed E-state index contributed by atoms with van der Waals surface area (Å²) in [6.45, 7) is 6.22. The first-order valence-corrected chi connectivity index (χ1v) is 8.18. The van der Waals surface area contributed by atoms with Gasteiger partial charge in [-0.2, -0.15) is 0 Å². The third-order valence-electron chi connectivity index (χ3n) is 3.36. The Morgan fingerprint density at radius 3 is 2.47 bits per heavy atom. The molecular weight excluding hydrogens is 284 g/mol. The Morgan fingerprint density at radius 1 is 1.37 bits per heavy atom. The lowest BCUT2D eigenvalue weighted by Gasteiger charge is -2.20. The maximum atomic E-state index is 12.3. The summed E-state index contributed by atoms with van der Waals surface area (Å²) < 4.78 is 27.2. The van der Waals surface area contributed by atoms with Crippen molar-refractivity contribution in [1.29, 1.82) is 0 Å². The van der Waals surface area contributed by atoms with Crippen molar-refractivity contribution in [2.45, 2.75) is 44.7 Å². The van der Waals surface area contributed by atoms with Gasteiger partial charge in [0.05, 0.1) is 5.02 Å². The molecule has 0 aliphatic carbocycles. The summed E-state index contributed by atoms with van der Waals surface area (Å²) in [5.74, 6) is 0.261. The zero-order chi connectivity index (χ0) is 14.6. The Bertz CT molecular complexity index is 531. The average Bonchev–Trinajstić information content (AvgIpc) is 2.36. The number of hydrogen-bond donors (Lipinski definition) is 2. The lowest BCUT2D eigenvalue weighted by molar-refractivity contribution is 0.434. The minimum atomic E-state index is -3.59. The molecule has 2 unspecified atom stereocenters. The SMILES string of the molecule is CCC(C)C(C)NS(=O)(=O)c1ccc(CN)cc1Cl. The van der Waals surface area contributed by atoms with E-state index in [0.717, 1.165) is 12.0 Å². The first-order valence-electron chi connectivity index (χ1n) is 6.32. The summed E-state index contributed by atoms with van der Waals surface area (Å²) in [7, 11) is -3.59. The van der Waals surface area contributed by atoms with E-state index < -0.39 is 10.0 Å². The maximum Gasteiger partial charge on any atom is 0.242 e. The number of rotatable bonds is 6. The Kier molecular flexibility index (Phi) is 5.80. The molecule has 1 aromatic rings. The summed E-state index contributed by atoms with van der Waals surface area (Å²) in [5, 5.41) is 0.201. The van der Waals surface area contributed by atoms with Crippen LogP contribution in [0.4, 0.5) is 0 Å². The fourth-order valence-electron chi connectivity index (χ4n) is 1.67. The second-order valence-electron chi connectivity index (χ2n) is 4.76. The summed E-state index contributed by atoms with van der Waals surface area (Å²) in [6, 6.07) is 4.62. The van der Waals surface area contributed by atoms with Gasteiger partial charge in [-0.25, -0.2) is 13.1 Å². The van der Waals surface area contributed by atoms with E-state index in [9.17, 15) is 8.42 Å². The zero-order valence-electron chi connectivity index (χ0n) is 11.5. The topological polar surface area (TPSA) is 72.2 Å². The molecular formula is C13H21ClN2O2S. The summed E-state index contributed by atoms with van der Waals surface area (Å²) in [6.07, 6.45) is 0.906. The molecule has 0 aliphatic heterocycles. The van der Waals surface area contributed by atoms with Crippen molar-refractivity contribution in [3.8, 4) is 0 Å². The Morgan fingerprint density at radius 2 is 2.00 bits per heavy atom. The smallest absolute Gasteiger partial charge is 0.242 e. The van der Waals surface area contributed by atoms with Crippen LogP contribution in [0, 0.1) is 5.92 Å². The van der Waals surface area contributed by atoms with Crippen molar-refractivity contribution in [2.75, 3.05) is 0 Å². The van der Waals surface area contributed by atoms with Gasteiger partial charge in [0.1, 0.15) is 4.90 Å². The fraction of sp³-hybridized carbons (Fsp3) is 0.538. The third-order valence-corrected chi connectivity index (χ3v) is 5.40. The van der Waals surface area contributed by atoms with Crippen LogP contribution in [0.5, 0.6) is 0 Å². The molecule has 1 aromatic carbocycles. The zero-order valence-corrected chi connectivity index (χ0v) is 13.1. The predicted molar refractivity (Wildman–Crippen MR) is 78.6 cm³/mol. The van der Waals surface area contributed by atoms with Crippen LogP contribution in [0.15, 0.2) is 23.1 Å². The molecule has 1 rings (SSSR count). The van der Waals surface area contributed by atoms with Crippen LogP contribution in [-0.2, 0) is 16.6 Å². The molecule has 0 spiro atoms. The van der Waals surface area contributed by atoms with E-state index in [1.807, 2.05) is 20.8 Å². The Balaban J connectivity index is 3.01. The van der Waals surface area contributed by atoms with Crippen molar-refractivity contribution >= 4 is 21.6 Å². The maximum absolute atomic E-state index is 12.3. The fourth-order valence-corrected chi connectivity index (χ4v) is 3.59. The molecule has 6 heteroatoms. The normalized spacial score (nSPS) is 15.2. The average molecular weight is 305 g/mol. The molecule has 0 aliphatic rings. The van der Waals surface area contributed by atoms with Crippen LogP contribution < -0.4 is 10.5 Å². The number of hydrogen-bond acceptors (Lipinski definition) is 3. The minimum absolute atomic E-state index is 0.0986. The van der Waals surface area contributed by atoms with Crippen LogP contribution in [0.2, 0.25) is 5.02 Å². The van der Waals surface area contributed by atoms with E-state index in [1.165, 1.54) is 6.07 Å². The van der Waals surface area contributed by atoms with E-state index in [4.69, 9.17) is 17.3 Å². The van der Waals surface area contributed by atoms with Gasteiger partial charge in [-0.1, -0.05) is 37.9 Å². The van der Waals surface area contributed by atoms with E-state index in [2.05, 4.69) is 4.72 Å². The van der Waals surface area contributed by atoms with Crippen molar-refractivity contribution < 1.29 is 8.42 Å². The van der Waals surface area contributed by atoms with Gasteiger partial charge in [-0.3, -0.25) is 0 Å². The summed E-state index contributed by atoms with van der Waals surface area (Å²) in [4.78, 5) is 0.0986. The number of halogens is 1. The highest BCUT2D eigenvalue weighted by molar-refractivity contribution is 7.89. The van der Waals surface area contributed by atoms with Crippen LogP contribution in [-0.4, -0.2) is 14.5 Å². The molecule has 4 nitrogen and oxygen atoms in total. The quantitative estimate of drug-likeness (QED) is 0.848. The van der Waals surface area contributed by atoms with Crippen LogP contribution in [0.25, 0.3) is 0 Å². The van der Waals surface area contributed by atoms with E-state index >= 15 is 0 Å². The van der Waals surface area contributed by atoms with Gasteiger partial charge in [0, 0.05) is 12.6 Å². The highest BCUT2D eigenvalue weighted by Gasteiger charge is 2.22. The lowest BCUT2D eigenvalue weighted by atomic mass is 10.0. The van der Waals surface area contributed by atoms with Crippen molar-refractivity contribution in [3.63, 3.8) is 0 Å². The molecule has 0 aromatic heterocycles. The van der Waals surface area contributed by atoms with Crippen LogP contribution >= 0.6 is 11.6 Å². The van der Waals surface area contributed by atoms with Crippen LogP contribution in [0.3, 0.4) is 0 Å². The molecule has 2 atom stereocenters. The second-order valence-corrected chi connectivity index (χ2v) is 6.85. The molecule has 0 saturated carbocycles. The van der Waals surface area contributed by atoms with E-state index in [0.29, 0.717) is 6.54 Å². The number of sulfonamides is 1. The van der Waals surface area contributed by atoms with Gasteiger partial charge in [-0.05, 0) is 30.5 Å². The Labute approximate surface area is 120 Å². The van der Waals surface area contributed by atoms with Gasteiger partial charge in [0.15, 0.2) is 0 Å². The Hall–Kier alpha value is -0.620. The number of benzene rings is 1. The molecule has 0 bridgehead atoms. The van der Waals surface area contributed by atoms with Crippen LogP contribution in [0.1, 0.15) is 32.8 Å². The van der Waals surface area contributed by atoms with Crippen molar-refractivity contribution in [1.82, 2.24) is 4.72 Å². The first kappa shape index (κ1) is 16.4. The van der Waals surface area contributed by atoms with Crippen molar-refractivity contribution in [3.05, 3.63) is 28.8 Å². The number of nitrogens with one attached hydrogen (secondary N) is 1. The lowest BCUT2D eigenvalue weighted by Crippen LogP contribution is -2.37. The standard InChI is InChI=1S/C13H21ClN2O2S/c1-4-9(2)10(3)16-19(17,18)13-6-5-11(8-15)7-12(13)14/h5-7,9-10,16H,4,8,15H2,1-3H3. The molecule has 0 heterocycles. The van der Waals surface area contributed by atoms with Gasteiger partial charge >= 0.3 is 0 Å². The molecule has 3 N–H and O–H groups in total. The number of nitrogens with two attached hydrogens (primary N) is 1. The molecule has 108 valence electrons. The summed E-state index contributed by atoms with van der Waals surface area (Å²) in [5.41, 5.74) is 6.30. The largest absolute Gasteiger partial charge is 0.326 e. The summed E-state index contributed by atoms with van der Waals surface area (Å²) >= 11 is 6.01. The molecule has 0 fully saturated rings. The van der Waals surface area contributed by atoms with Gasteiger partial charge in [0.25, 0.3) is 0 Å². The van der Waals surface area contributed by atoms with E-state index in [-0.39, 0.29) is 21.9 Å². The first-order chi connectivity index (χ1) is 8.81. The highest BCUT2D eigenvalue weighted by Crippen LogP contribution is 2.23. The molecule has 0 radical (unpaired) electrons. The second kappa shape index (κ2) is 6.70. The van der Waals surface area contributed by atoms with Gasteiger partial charge < -0.3 is 5.73 Å². The monoisotopic (exact) mass is 304 g/mol. The molecule has 19 heavy (non-hydrogen) atoms. The molecule has 0 amide bonds. The minimum Gasteiger partial charge on any atom is -0.326 e. The van der Waals surface area contributed by atoms with Gasteiger partial charge in [0.2, 0.25) is 10.0 Å². The molecule has 0 saturated heterocycles. The third kappa shape index (κ3) is 4.18. The van der Waals surface area contributed by atoms with Crippen molar-refractivity contribution in [2.24, 2.45) is 11.7 Å².